The smallest absolute Gasteiger partial charge is 0.361 e. The van der Waals surface area contributed by atoms with Gasteiger partial charge in [-0.25, -0.2) is 4.79 Å². The second kappa shape index (κ2) is 7.18. The van der Waals surface area contributed by atoms with Gasteiger partial charge in [0, 0.05) is 16.8 Å². The number of nitrogens with zero attached hydrogens (tertiary/aromatic N) is 2. The average molecular weight is 417 g/mol. The first-order valence-corrected chi connectivity index (χ1v) is 9.04. The number of benzene rings is 2. The van der Waals surface area contributed by atoms with Crippen LogP contribution in [0.5, 0.6) is 0 Å². The van der Waals surface area contributed by atoms with Crippen LogP contribution in [0.4, 0.5) is 11.4 Å². The molecule has 0 saturated heterocycles. The van der Waals surface area contributed by atoms with Gasteiger partial charge in [-0.3, -0.25) is 9.51 Å². The number of hydrogen-bond acceptors (Lipinski definition) is 6. The van der Waals surface area contributed by atoms with Gasteiger partial charge in [-0.05, 0) is 43.7 Å². The molecule has 0 amide bonds. The Balaban J connectivity index is 1.75. The van der Waals surface area contributed by atoms with Crippen molar-refractivity contribution in [2.75, 3.05) is 5.32 Å². The molecule has 9 heteroatoms. The van der Waals surface area contributed by atoms with Crippen LogP contribution in [0.2, 0.25) is 10.0 Å². The molecule has 4 rings (SSSR count). The van der Waals surface area contributed by atoms with Crippen molar-refractivity contribution in [2.45, 2.75) is 13.8 Å². The molecule has 2 aromatic carbocycles. The Morgan fingerprint density at radius 3 is 2.36 bits per heavy atom. The van der Waals surface area contributed by atoms with Gasteiger partial charge in [-0.2, -0.15) is 0 Å². The van der Waals surface area contributed by atoms with E-state index in [0.29, 0.717) is 38.6 Å². The lowest BCUT2D eigenvalue weighted by atomic mass is 10.0. The van der Waals surface area contributed by atoms with Gasteiger partial charge < -0.3 is 9.84 Å². The molecule has 0 aliphatic carbocycles. The van der Waals surface area contributed by atoms with E-state index in [0.717, 1.165) is 16.8 Å². The molecule has 2 N–H and O–H groups in total. The highest BCUT2D eigenvalue weighted by molar-refractivity contribution is 6.39. The molecule has 0 radical (unpaired) electrons. The van der Waals surface area contributed by atoms with Gasteiger partial charge in [0.25, 0.3) is 0 Å². The van der Waals surface area contributed by atoms with Crippen molar-refractivity contribution >= 4 is 34.6 Å². The second-order valence-corrected chi connectivity index (χ2v) is 6.94. The van der Waals surface area contributed by atoms with Gasteiger partial charge in [0.2, 0.25) is 0 Å². The van der Waals surface area contributed by atoms with E-state index < -0.39 is 5.76 Å². The van der Waals surface area contributed by atoms with Crippen LogP contribution < -0.4 is 11.1 Å². The molecule has 0 bridgehead atoms. The standard InChI is InChI=1S/C19H14Cl2N4O3/c1-9-16(10(2)27-24-9)11-7-13(20)17(14(21)8-11)22-15-6-4-3-5-12(15)18-23-19(26)28-25-18/h3-8,22H,1-2H3,(H,23,25,26). The molecule has 0 aliphatic heterocycles. The van der Waals surface area contributed by atoms with Crippen molar-refractivity contribution in [3.8, 4) is 22.5 Å². The number of H-pyrrole nitrogens is 1. The van der Waals surface area contributed by atoms with E-state index in [1.165, 1.54) is 0 Å². The van der Waals surface area contributed by atoms with Crippen LogP contribution >= 0.6 is 23.2 Å². The first-order chi connectivity index (χ1) is 13.4. The molecule has 0 spiro atoms. The molecule has 7 nitrogen and oxygen atoms in total. The van der Waals surface area contributed by atoms with Crippen LogP contribution in [-0.2, 0) is 0 Å². The fraction of sp³-hybridized carbons (Fsp3) is 0.105. The summed E-state index contributed by atoms with van der Waals surface area (Å²) < 4.78 is 9.82. The quantitative estimate of drug-likeness (QED) is 0.465. The summed E-state index contributed by atoms with van der Waals surface area (Å²) in [6.07, 6.45) is 0. The van der Waals surface area contributed by atoms with E-state index in [1.807, 2.05) is 32.0 Å². The van der Waals surface area contributed by atoms with Gasteiger partial charge >= 0.3 is 5.76 Å². The zero-order valence-electron chi connectivity index (χ0n) is 14.8. The summed E-state index contributed by atoms with van der Waals surface area (Å²) in [5, 5.41) is 11.8. The zero-order chi connectivity index (χ0) is 19.8. The zero-order valence-corrected chi connectivity index (χ0v) is 16.4. The van der Waals surface area contributed by atoms with Crippen molar-refractivity contribution in [3.63, 3.8) is 0 Å². The number of halogens is 2. The fourth-order valence-electron chi connectivity index (χ4n) is 3.01. The molecular weight excluding hydrogens is 403 g/mol. The number of rotatable bonds is 4. The van der Waals surface area contributed by atoms with Crippen molar-refractivity contribution in [1.29, 1.82) is 0 Å². The maximum atomic E-state index is 11.3. The second-order valence-electron chi connectivity index (χ2n) is 6.13. The summed E-state index contributed by atoms with van der Waals surface area (Å²) >= 11 is 13.0. The van der Waals surface area contributed by atoms with E-state index in [9.17, 15) is 4.79 Å². The Bertz CT molecular complexity index is 1180. The number of aromatic nitrogens is 3. The summed E-state index contributed by atoms with van der Waals surface area (Å²) in [6.45, 7) is 3.69. The highest BCUT2D eigenvalue weighted by atomic mass is 35.5. The Labute approximate surface area is 169 Å². The normalized spacial score (nSPS) is 11.0. The van der Waals surface area contributed by atoms with Crippen LogP contribution in [0, 0.1) is 13.8 Å². The Morgan fingerprint density at radius 1 is 1.04 bits per heavy atom. The van der Waals surface area contributed by atoms with Crippen molar-refractivity contribution < 1.29 is 9.05 Å². The lowest BCUT2D eigenvalue weighted by Gasteiger charge is -2.14. The Hall–Kier alpha value is -3.03. The van der Waals surface area contributed by atoms with Gasteiger partial charge in [0.15, 0.2) is 5.82 Å². The van der Waals surface area contributed by atoms with E-state index in [1.54, 1.807) is 18.2 Å². The topological polar surface area (TPSA) is 96.9 Å². The van der Waals surface area contributed by atoms with E-state index in [2.05, 4.69) is 25.1 Å². The third kappa shape index (κ3) is 3.30. The number of hydrogen-bond donors (Lipinski definition) is 2. The lowest BCUT2D eigenvalue weighted by molar-refractivity contribution is 0.388. The van der Waals surface area contributed by atoms with Crippen molar-refractivity contribution in [3.05, 3.63) is 68.4 Å². The molecule has 4 aromatic rings. The van der Waals surface area contributed by atoms with E-state index >= 15 is 0 Å². The van der Waals surface area contributed by atoms with Crippen LogP contribution in [0.3, 0.4) is 0 Å². The van der Waals surface area contributed by atoms with Crippen molar-refractivity contribution in [1.82, 2.24) is 15.3 Å². The maximum Gasteiger partial charge on any atom is 0.439 e. The maximum absolute atomic E-state index is 11.3. The Kier molecular flexibility index (Phi) is 4.70. The fourth-order valence-corrected chi connectivity index (χ4v) is 3.59. The van der Waals surface area contributed by atoms with E-state index in [4.69, 9.17) is 27.7 Å². The number of anilines is 2. The van der Waals surface area contributed by atoms with Gasteiger partial charge in [0.1, 0.15) is 5.76 Å². The number of aromatic amines is 1. The largest absolute Gasteiger partial charge is 0.439 e. The molecule has 0 fully saturated rings. The molecule has 0 atom stereocenters. The monoisotopic (exact) mass is 416 g/mol. The molecule has 28 heavy (non-hydrogen) atoms. The molecular formula is C19H14Cl2N4O3. The lowest BCUT2D eigenvalue weighted by Crippen LogP contribution is -1.98. The minimum Gasteiger partial charge on any atom is -0.361 e. The first kappa shape index (κ1) is 18.3. The number of para-hydroxylation sites is 1. The molecule has 0 aliphatic rings. The first-order valence-electron chi connectivity index (χ1n) is 8.28. The SMILES string of the molecule is Cc1noc(C)c1-c1cc(Cl)c(Nc2ccccc2-c2noc(=O)[nH]2)c(Cl)c1. The van der Waals surface area contributed by atoms with Crippen LogP contribution in [-0.4, -0.2) is 15.3 Å². The van der Waals surface area contributed by atoms with Gasteiger partial charge in [-0.15, -0.1) is 0 Å². The number of nitrogens with one attached hydrogen (secondary N) is 2. The molecule has 0 unspecified atom stereocenters. The van der Waals surface area contributed by atoms with Crippen LogP contribution in [0.25, 0.3) is 22.5 Å². The van der Waals surface area contributed by atoms with Gasteiger partial charge in [-0.1, -0.05) is 45.6 Å². The van der Waals surface area contributed by atoms with Crippen LogP contribution in [0.15, 0.2) is 50.2 Å². The summed E-state index contributed by atoms with van der Waals surface area (Å²) in [4.78, 5) is 13.8. The van der Waals surface area contributed by atoms with Crippen LogP contribution in [0.1, 0.15) is 11.5 Å². The summed E-state index contributed by atoms with van der Waals surface area (Å²) in [5.74, 6) is 0.350. The summed E-state index contributed by atoms with van der Waals surface area (Å²) in [7, 11) is 0. The molecule has 0 saturated carbocycles. The third-order valence-electron chi connectivity index (χ3n) is 4.25. The average Bonchev–Trinajstić information content (AvgIpc) is 3.23. The minimum absolute atomic E-state index is 0.299. The highest BCUT2D eigenvalue weighted by Gasteiger charge is 2.17. The minimum atomic E-state index is -0.635. The molecule has 2 heterocycles. The van der Waals surface area contributed by atoms with E-state index in [-0.39, 0.29) is 0 Å². The Morgan fingerprint density at radius 2 is 1.75 bits per heavy atom. The predicted molar refractivity (Wildman–Crippen MR) is 107 cm³/mol. The number of aryl methyl sites for hydroxylation is 2. The molecule has 142 valence electrons. The summed E-state index contributed by atoms with van der Waals surface area (Å²) in [5.41, 5.74) is 4.24. The predicted octanol–water partition coefficient (Wildman–Crippen LogP) is 5.35. The van der Waals surface area contributed by atoms with Gasteiger partial charge in [0.05, 0.1) is 21.4 Å². The molecule has 2 aromatic heterocycles. The summed E-state index contributed by atoms with van der Waals surface area (Å²) in [6, 6.07) is 10.8. The highest BCUT2D eigenvalue weighted by Crippen LogP contribution is 2.40. The van der Waals surface area contributed by atoms with Crippen molar-refractivity contribution in [2.24, 2.45) is 0 Å². The third-order valence-corrected chi connectivity index (χ3v) is 4.84.